The normalized spacial score (nSPS) is 12.6. The second-order valence-corrected chi connectivity index (χ2v) is 4.75. The van der Waals surface area contributed by atoms with E-state index in [0.29, 0.717) is 6.42 Å². The number of aryl methyl sites for hydroxylation is 3. The molecule has 102 valence electrons. The van der Waals surface area contributed by atoms with Crippen molar-refractivity contribution in [2.75, 3.05) is 0 Å². The molecule has 2 heterocycles. The van der Waals surface area contributed by atoms with E-state index in [2.05, 4.69) is 30.0 Å². The fraction of sp³-hybridized carbons (Fsp3) is 0.467. The highest BCUT2D eigenvalue weighted by Crippen LogP contribution is 2.19. The number of aliphatic hydroxyl groups excluding tert-OH is 1. The van der Waals surface area contributed by atoms with Crippen LogP contribution in [0.15, 0.2) is 24.4 Å². The lowest BCUT2D eigenvalue weighted by Gasteiger charge is -2.12. The maximum absolute atomic E-state index is 10.3. The molecule has 0 aliphatic heterocycles. The van der Waals surface area contributed by atoms with Crippen LogP contribution < -0.4 is 0 Å². The molecule has 0 aliphatic rings. The Morgan fingerprint density at radius 3 is 2.74 bits per heavy atom. The third kappa shape index (κ3) is 3.20. The molecule has 2 aromatic rings. The predicted octanol–water partition coefficient (Wildman–Crippen LogP) is 2.44. The highest BCUT2D eigenvalue weighted by molar-refractivity contribution is 5.21. The van der Waals surface area contributed by atoms with Gasteiger partial charge in [0.1, 0.15) is 0 Å². The van der Waals surface area contributed by atoms with Crippen LogP contribution in [0.4, 0.5) is 0 Å². The van der Waals surface area contributed by atoms with Crippen molar-refractivity contribution in [2.24, 2.45) is 0 Å². The summed E-state index contributed by atoms with van der Waals surface area (Å²) in [5, 5.41) is 14.8. The summed E-state index contributed by atoms with van der Waals surface area (Å²) in [5.41, 5.74) is 4.00. The van der Waals surface area contributed by atoms with Gasteiger partial charge in [-0.05, 0) is 44.0 Å². The van der Waals surface area contributed by atoms with Crippen LogP contribution in [0.2, 0.25) is 0 Å². The summed E-state index contributed by atoms with van der Waals surface area (Å²) >= 11 is 0. The van der Waals surface area contributed by atoms with Crippen molar-refractivity contribution in [3.8, 4) is 0 Å². The van der Waals surface area contributed by atoms with E-state index in [-0.39, 0.29) is 0 Å². The average Bonchev–Trinajstić information content (AvgIpc) is 2.81. The molecule has 0 aromatic carbocycles. The number of aliphatic hydroxyl groups is 1. The highest BCUT2D eigenvalue weighted by atomic mass is 16.3. The molecule has 0 aliphatic carbocycles. The summed E-state index contributed by atoms with van der Waals surface area (Å²) in [6.45, 7) is 6.92. The molecule has 4 heteroatoms. The SMILES string of the molecule is CCc1cc(CC(O)c2ccnc(C)c2)n(CC)n1. The minimum atomic E-state index is -0.506. The van der Waals surface area contributed by atoms with E-state index in [0.717, 1.165) is 35.6 Å². The minimum absolute atomic E-state index is 0.506. The van der Waals surface area contributed by atoms with E-state index >= 15 is 0 Å². The smallest absolute Gasteiger partial charge is 0.0846 e. The van der Waals surface area contributed by atoms with E-state index < -0.39 is 6.10 Å². The summed E-state index contributed by atoms with van der Waals surface area (Å²) in [6.07, 6.45) is 2.74. The van der Waals surface area contributed by atoms with Crippen LogP contribution in [0.1, 0.15) is 42.6 Å². The fourth-order valence-corrected chi connectivity index (χ4v) is 2.22. The fourth-order valence-electron chi connectivity index (χ4n) is 2.22. The Labute approximate surface area is 114 Å². The third-order valence-electron chi connectivity index (χ3n) is 3.28. The molecular formula is C15H21N3O. The summed E-state index contributed by atoms with van der Waals surface area (Å²) in [6, 6.07) is 5.88. The lowest BCUT2D eigenvalue weighted by Crippen LogP contribution is -2.08. The van der Waals surface area contributed by atoms with Crippen LogP contribution in [-0.2, 0) is 19.4 Å². The second kappa shape index (κ2) is 5.97. The number of pyridine rings is 1. The first-order chi connectivity index (χ1) is 9.13. The summed E-state index contributed by atoms with van der Waals surface area (Å²) in [7, 11) is 0. The van der Waals surface area contributed by atoms with Gasteiger partial charge in [-0.25, -0.2) is 0 Å². The van der Waals surface area contributed by atoms with Gasteiger partial charge in [-0.15, -0.1) is 0 Å². The predicted molar refractivity (Wildman–Crippen MR) is 74.9 cm³/mol. The molecule has 0 fully saturated rings. The van der Waals surface area contributed by atoms with Crippen LogP contribution in [0, 0.1) is 6.92 Å². The number of hydrogen-bond acceptors (Lipinski definition) is 3. The van der Waals surface area contributed by atoms with E-state index in [1.165, 1.54) is 0 Å². The van der Waals surface area contributed by atoms with E-state index in [1.807, 2.05) is 23.7 Å². The Hall–Kier alpha value is -1.68. The Morgan fingerprint density at radius 2 is 2.11 bits per heavy atom. The molecule has 0 saturated heterocycles. The Bertz CT molecular complexity index is 548. The Balaban J connectivity index is 2.18. The first-order valence-electron chi connectivity index (χ1n) is 6.80. The third-order valence-corrected chi connectivity index (χ3v) is 3.28. The molecule has 2 rings (SSSR count). The van der Waals surface area contributed by atoms with Crippen LogP contribution in [0.5, 0.6) is 0 Å². The maximum Gasteiger partial charge on any atom is 0.0846 e. The van der Waals surface area contributed by atoms with E-state index in [9.17, 15) is 5.11 Å². The Morgan fingerprint density at radius 1 is 1.32 bits per heavy atom. The van der Waals surface area contributed by atoms with Gasteiger partial charge >= 0.3 is 0 Å². The molecule has 4 nitrogen and oxygen atoms in total. The lowest BCUT2D eigenvalue weighted by molar-refractivity contribution is 0.175. The van der Waals surface area contributed by atoms with Crippen molar-refractivity contribution in [1.29, 1.82) is 0 Å². The highest BCUT2D eigenvalue weighted by Gasteiger charge is 2.13. The average molecular weight is 259 g/mol. The molecule has 0 saturated carbocycles. The van der Waals surface area contributed by atoms with Gasteiger partial charge in [0.25, 0.3) is 0 Å². The van der Waals surface area contributed by atoms with Gasteiger partial charge in [0.15, 0.2) is 0 Å². The largest absolute Gasteiger partial charge is 0.388 e. The second-order valence-electron chi connectivity index (χ2n) is 4.75. The number of nitrogens with zero attached hydrogens (tertiary/aromatic N) is 3. The van der Waals surface area contributed by atoms with Crippen LogP contribution in [-0.4, -0.2) is 19.9 Å². The van der Waals surface area contributed by atoms with Gasteiger partial charge in [-0.1, -0.05) is 6.92 Å². The van der Waals surface area contributed by atoms with E-state index in [4.69, 9.17) is 0 Å². The van der Waals surface area contributed by atoms with Crippen LogP contribution in [0.3, 0.4) is 0 Å². The van der Waals surface area contributed by atoms with Gasteiger partial charge in [0.05, 0.1) is 11.8 Å². The van der Waals surface area contributed by atoms with Crippen molar-refractivity contribution >= 4 is 0 Å². The zero-order valence-corrected chi connectivity index (χ0v) is 11.8. The monoisotopic (exact) mass is 259 g/mol. The zero-order valence-electron chi connectivity index (χ0n) is 11.8. The van der Waals surface area contributed by atoms with Crippen molar-refractivity contribution in [3.05, 3.63) is 47.0 Å². The van der Waals surface area contributed by atoms with Gasteiger partial charge in [-0.2, -0.15) is 5.10 Å². The van der Waals surface area contributed by atoms with E-state index in [1.54, 1.807) is 6.20 Å². The molecule has 19 heavy (non-hydrogen) atoms. The van der Waals surface area contributed by atoms with Crippen LogP contribution in [0.25, 0.3) is 0 Å². The molecule has 1 N–H and O–H groups in total. The number of aromatic nitrogens is 3. The summed E-state index contributed by atoms with van der Waals surface area (Å²) in [5.74, 6) is 0. The lowest BCUT2D eigenvalue weighted by atomic mass is 10.0. The molecule has 1 unspecified atom stereocenters. The molecule has 0 amide bonds. The molecule has 0 bridgehead atoms. The molecule has 1 atom stereocenters. The van der Waals surface area contributed by atoms with Gasteiger partial charge in [0, 0.05) is 30.6 Å². The van der Waals surface area contributed by atoms with Crippen molar-refractivity contribution in [1.82, 2.24) is 14.8 Å². The molecule has 2 aromatic heterocycles. The topological polar surface area (TPSA) is 50.9 Å². The zero-order chi connectivity index (χ0) is 13.8. The number of hydrogen-bond donors (Lipinski definition) is 1. The summed E-state index contributed by atoms with van der Waals surface area (Å²) < 4.78 is 1.97. The van der Waals surface area contributed by atoms with Crippen molar-refractivity contribution < 1.29 is 5.11 Å². The maximum atomic E-state index is 10.3. The summed E-state index contributed by atoms with van der Waals surface area (Å²) in [4.78, 5) is 4.15. The molecular weight excluding hydrogens is 238 g/mol. The quantitative estimate of drug-likeness (QED) is 0.897. The minimum Gasteiger partial charge on any atom is -0.388 e. The standard InChI is InChI=1S/C15H21N3O/c1-4-13-9-14(18(5-2)17-13)10-15(19)12-6-7-16-11(3)8-12/h6-9,15,19H,4-5,10H2,1-3H3. The van der Waals surface area contributed by atoms with Crippen molar-refractivity contribution in [2.45, 2.75) is 46.3 Å². The number of rotatable bonds is 5. The van der Waals surface area contributed by atoms with Gasteiger partial charge in [0.2, 0.25) is 0 Å². The van der Waals surface area contributed by atoms with Crippen LogP contribution >= 0.6 is 0 Å². The van der Waals surface area contributed by atoms with Crippen molar-refractivity contribution in [3.63, 3.8) is 0 Å². The molecule has 0 spiro atoms. The van der Waals surface area contributed by atoms with Gasteiger partial charge in [-0.3, -0.25) is 9.67 Å². The van der Waals surface area contributed by atoms with Gasteiger partial charge < -0.3 is 5.11 Å². The first-order valence-corrected chi connectivity index (χ1v) is 6.80. The molecule has 0 radical (unpaired) electrons. The Kier molecular flexibility index (Phi) is 4.32. The first kappa shape index (κ1) is 13.7.